The molecule has 0 radical (unpaired) electrons. The van der Waals surface area contributed by atoms with Crippen LogP contribution in [0.2, 0.25) is 20.1 Å². The fourth-order valence-electron chi connectivity index (χ4n) is 13.9. The van der Waals surface area contributed by atoms with Crippen molar-refractivity contribution in [3.8, 4) is 62.9 Å². The van der Waals surface area contributed by atoms with Gasteiger partial charge < -0.3 is 133 Å². The minimum absolute atomic E-state index is 0.0972. The first-order chi connectivity index (χ1) is 56.3. The Morgan fingerprint density at radius 3 is 2.10 bits per heavy atom. The minimum Gasteiger partial charge on any atom is -0.508 e. The van der Waals surface area contributed by atoms with E-state index < -0.39 is 215 Å². The third kappa shape index (κ3) is 21.7. The Balaban J connectivity index is 1.16. The van der Waals surface area contributed by atoms with Crippen LogP contribution in [0.25, 0.3) is 11.1 Å². The smallest absolute Gasteiger partial charge is 0.248 e. The number of aliphatic hydroxyl groups excluding tert-OH is 6. The topological polar surface area (TPSA) is 532 Å². The fourth-order valence-corrected chi connectivity index (χ4v) is 14.7. The second-order valence-corrected chi connectivity index (χ2v) is 31.1. The SMILES string of the molecule is CNC(=O)C(NC(=O)[C@@H]1NC(=O)[C@H](CC(N)=O)NC(=O)[C@H](NC(=O)[C@@H](CC(C)C)NC)[C@H](O)c2ccc(c(Cl)c2)Oc2cc1cc(Oc1ccc([C@H](C)O)cc1Cl)c2OC1OC(CO)C(O)C(O)C1OC1CC(C)(Nc2cccc(OCc3ccc(Cl)c(Cl)c3)c2)C(O)C(C)O1)c1ccc(O)c(-c2c(O)cc(O)cc2[C@@H](NC(C)=O)C(N)=O)c1. The van der Waals surface area contributed by atoms with E-state index in [-0.39, 0.29) is 69.2 Å². The Morgan fingerprint density at radius 1 is 0.723 bits per heavy atom. The van der Waals surface area contributed by atoms with Crippen LogP contribution in [0.15, 0.2) is 121 Å². The highest BCUT2D eigenvalue weighted by Crippen LogP contribution is 2.50. The average molecular weight is 1730 g/mol. The second kappa shape index (κ2) is 39.1. The molecule has 4 bridgehead atoms. The number of hydrogen-bond acceptors (Lipinski definition) is 26. The summed E-state index contributed by atoms with van der Waals surface area (Å²) in [6, 6.07) is 15.3. The molecule has 4 aliphatic rings. The fraction of sp³-hybridized carbons (Fsp3) is 0.383. The number of anilines is 1. The summed E-state index contributed by atoms with van der Waals surface area (Å²) in [6.45, 7) is 8.46. The molecule has 4 heterocycles. The van der Waals surface area contributed by atoms with Crippen LogP contribution in [0.1, 0.15) is 125 Å². The number of carbonyl (C=O) groups is 8. The highest BCUT2D eigenvalue weighted by molar-refractivity contribution is 6.42. The maximum atomic E-state index is 16.1. The molecule has 119 heavy (non-hydrogen) atoms. The first-order valence-corrected chi connectivity index (χ1v) is 38.9. The maximum Gasteiger partial charge on any atom is 0.248 e. The van der Waals surface area contributed by atoms with E-state index in [1.54, 1.807) is 56.3 Å². The zero-order valence-electron chi connectivity index (χ0n) is 65.2. The van der Waals surface area contributed by atoms with Crippen LogP contribution in [0.5, 0.6) is 51.7 Å². The monoisotopic (exact) mass is 1730 g/mol. The predicted octanol–water partition coefficient (Wildman–Crippen LogP) is 5.82. The Morgan fingerprint density at radius 2 is 1.45 bits per heavy atom. The lowest BCUT2D eigenvalue weighted by Gasteiger charge is -2.48. The van der Waals surface area contributed by atoms with E-state index >= 15 is 9.59 Å². The van der Waals surface area contributed by atoms with Crippen molar-refractivity contribution in [1.29, 1.82) is 0 Å². The molecule has 0 saturated carbocycles. The lowest BCUT2D eigenvalue weighted by Crippen LogP contribution is -2.64. The van der Waals surface area contributed by atoms with Gasteiger partial charge in [0.15, 0.2) is 23.9 Å². The molecule has 21 N–H and O–H groups in total. The van der Waals surface area contributed by atoms with E-state index in [4.69, 9.17) is 91.0 Å². The van der Waals surface area contributed by atoms with Crippen molar-refractivity contribution < 1.29 is 117 Å². The summed E-state index contributed by atoms with van der Waals surface area (Å²) in [7, 11) is 2.64. The molecule has 4 aliphatic heterocycles. The standard InChI is InChI=1S/C81H92Cl4N10O24/c1-34(2)20-52(88-7)75(108)94-67-68(103)41-15-19-57(51(85)24-41)116-59-26-42(65(92-76(109)53(30-61(86)102)91-79(67)112)78(111)93-64(77(110)89-8)40-13-17-54(100)46(22-40)63-47(28-44(99)29-55(63)101)66(74(87)107)90-37(5)98)25-58(115-56-18-14-39(35(3)97)23-50(56)84)71(59)119-80-72(70(105)69(104)60(32-96)117-80)118-62-31-81(6,73(106)36(4)114-62)95-43-10-9-11-45(27-43)113-33-38-12-16-48(82)49(83)21-38/h9-19,21-29,34-36,52-53,60,62,64-70,72-73,80,88,95-97,99-101,103-106H,20,30-33H2,1-8H3,(H2,86,102)(H2,87,107)(H,89,110)(H,90,98)(H,91,112)(H,92,109)(H,93,111)(H,94,108)/t35-,36?,52+,53-,60?,62?,64?,65+,66+,67+,68+,69?,70?,72?,73?,80?,81?/m0/s1. The van der Waals surface area contributed by atoms with Crippen LogP contribution in [0.4, 0.5) is 5.69 Å². The summed E-state index contributed by atoms with van der Waals surface area (Å²) >= 11 is 26.6. The molecule has 638 valence electrons. The van der Waals surface area contributed by atoms with Crippen molar-refractivity contribution in [1.82, 2.24) is 37.2 Å². The van der Waals surface area contributed by atoms with E-state index in [2.05, 4.69) is 42.5 Å². The molecule has 11 rings (SSSR count). The Bertz CT molecular complexity index is 4950. The number of carbonyl (C=O) groups excluding carboxylic acids is 8. The van der Waals surface area contributed by atoms with Crippen molar-refractivity contribution in [2.24, 2.45) is 17.4 Å². The number of nitrogens with one attached hydrogen (secondary N) is 8. The maximum absolute atomic E-state index is 16.1. The number of rotatable bonds is 28. The largest absolute Gasteiger partial charge is 0.508 e. The van der Waals surface area contributed by atoms with Gasteiger partial charge in [-0.05, 0) is 152 Å². The third-order valence-corrected chi connectivity index (χ3v) is 21.3. The van der Waals surface area contributed by atoms with Crippen molar-refractivity contribution >= 4 is 99.3 Å². The highest BCUT2D eigenvalue weighted by atomic mass is 35.5. The first-order valence-electron chi connectivity index (χ1n) is 37.3. The van der Waals surface area contributed by atoms with Gasteiger partial charge in [-0.1, -0.05) is 90.6 Å². The molecule has 38 heteroatoms. The van der Waals surface area contributed by atoms with Gasteiger partial charge >= 0.3 is 0 Å². The number of amides is 8. The lowest BCUT2D eigenvalue weighted by molar-refractivity contribution is -0.332. The number of benzene rings is 7. The molecule has 0 aliphatic carbocycles. The van der Waals surface area contributed by atoms with Gasteiger partial charge in [-0.15, -0.1) is 0 Å². The number of aromatic hydroxyl groups is 3. The molecule has 2 saturated heterocycles. The average Bonchev–Trinajstić information content (AvgIpc) is 0.771. The molecule has 7 aromatic carbocycles. The van der Waals surface area contributed by atoms with Gasteiger partial charge in [0.25, 0.3) is 0 Å². The molecular formula is C81H92Cl4N10O24. The quantitative estimate of drug-likeness (QED) is 0.0275. The molecule has 17 atom stereocenters. The van der Waals surface area contributed by atoms with Crippen molar-refractivity contribution in [3.05, 3.63) is 175 Å². The van der Waals surface area contributed by atoms with Crippen LogP contribution in [0.3, 0.4) is 0 Å². The zero-order valence-corrected chi connectivity index (χ0v) is 68.2. The second-order valence-electron chi connectivity index (χ2n) is 29.4. The number of hydrogen-bond donors (Lipinski definition) is 19. The summed E-state index contributed by atoms with van der Waals surface area (Å²) in [5, 5.41) is 125. The summed E-state index contributed by atoms with van der Waals surface area (Å²) in [6.07, 6.45) is -17.8. The van der Waals surface area contributed by atoms with Gasteiger partial charge in [-0.25, -0.2) is 0 Å². The van der Waals surface area contributed by atoms with Gasteiger partial charge in [0.1, 0.15) is 102 Å². The summed E-state index contributed by atoms with van der Waals surface area (Å²) < 4.78 is 45.7. The molecule has 2 fully saturated rings. The number of likely N-dealkylation sites (N-methyl/N-ethyl adjacent to an activating group) is 2. The summed E-state index contributed by atoms with van der Waals surface area (Å²) in [5.41, 5.74) is 9.56. The number of halogens is 4. The number of aliphatic hydroxyl groups is 6. The minimum atomic E-state index is -2.32. The number of nitrogens with two attached hydrogens (primary N) is 2. The van der Waals surface area contributed by atoms with E-state index in [0.717, 1.165) is 62.5 Å². The molecule has 34 nitrogen and oxygen atoms in total. The zero-order chi connectivity index (χ0) is 86.9. The summed E-state index contributed by atoms with van der Waals surface area (Å²) in [5.74, 6) is -13.5. The molecule has 10 unspecified atom stereocenters. The molecule has 8 amide bonds. The van der Waals surface area contributed by atoms with Gasteiger partial charge in [-0.2, -0.15) is 0 Å². The molecule has 0 spiro atoms. The third-order valence-electron chi connectivity index (χ3n) is 20.0. The van der Waals surface area contributed by atoms with Crippen LogP contribution >= 0.6 is 46.4 Å². The van der Waals surface area contributed by atoms with Crippen molar-refractivity contribution in [2.45, 2.75) is 171 Å². The van der Waals surface area contributed by atoms with Gasteiger partial charge in [0, 0.05) is 49.3 Å². The van der Waals surface area contributed by atoms with Gasteiger partial charge in [0.05, 0.1) is 56.9 Å². The molecular weight excluding hydrogens is 1640 g/mol. The number of primary amides is 2. The van der Waals surface area contributed by atoms with Gasteiger partial charge in [0.2, 0.25) is 59.3 Å². The highest BCUT2D eigenvalue weighted by Gasteiger charge is 2.52. The van der Waals surface area contributed by atoms with Crippen LogP contribution in [-0.4, -0.2) is 187 Å². The molecule has 7 aromatic rings. The normalized spacial score (nSPS) is 23.6. The van der Waals surface area contributed by atoms with Crippen molar-refractivity contribution in [2.75, 3.05) is 26.0 Å². The van der Waals surface area contributed by atoms with E-state index in [1.807, 2.05) is 13.8 Å². The predicted molar refractivity (Wildman–Crippen MR) is 431 cm³/mol. The first kappa shape index (κ1) is 90.8. The number of ether oxygens (including phenoxy) is 7. The van der Waals surface area contributed by atoms with Gasteiger partial charge in [-0.3, -0.25) is 38.4 Å². The van der Waals surface area contributed by atoms with E-state index in [9.17, 15) is 74.7 Å². The lowest BCUT2D eigenvalue weighted by atomic mass is 9.84. The summed E-state index contributed by atoms with van der Waals surface area (Å²) in [4.78, 5) is 114. The Labute approximate surface area is 702 Å². The molecule has 0 aromatic heterocycles. The van der Waals surface area contributed by atoms with Crippen LogP contribution in [0, 0.1) is 5.92 Å². The number of fused-ring (bicyclic) bond motifs is 9. The number of phenols is 3. The van der Waals surface area contributed by atoms with Crippen LogP contribution in [-0.2, 0) is 59.2 Å². The Kier molecular flexibility index (Phi) is 29.8. The van der Waals surface area contributed by atoms with Crippen LogP contribution < -0.4 is 72.9 Å². The Hall–Kier alpha value is -10.5. The number of phenolic OH excluding ortho intramolecular Hbond substituents is 3. The van der Waals surface area contributed by atoms with E-state index in [1.165, 1.54) is 44.3 Å². The van der Waals surface area contributed by atoms with E-state index in [0.29, 0.717) is 27.0 Å². The van der Waals surface area contributed by atoms with Crippen molar-refractivity contribution in [3.63, 3.8) is 0 Å².